The average molecular weight is 461 g/mol. The van der Waals surface area contributed by atoms with Crippen molar-refractivity contribution in [2.75, 3.05) is 6.79 Å². The van der Waals surface area contributed by atoms with E-state index in [1.165, 1.54) is 0 Å². The summed E-state index contributed by atoms with van der Waals surface area (Å²) in [5, 5.41) is 4.89. The van der Waals surface area contributed by atoms with Crippen LogP contribution in [0, 0.1) is 0 Å². The first-order valence-corrected chi connectivity index (χ1v) is 11.5. The normalized spacial score (nSPS) is 18.2. The van der Waals surface area contributed by atoms with Gasteiger partial charge in [-0.2, -0.15) is 0 Å². The van der Waals surface area contributed by atoms with E-state index in [0.717, 1.165) is 32.6 Å². The summed E-state index contributed by atoms with van der Waals surface area (Å²) in [4.78, 5) is 18.3. The van der Waals surface area contributed by atoms with E-state index in [2.05, 4.69) is 5.32 Å². The molecule has 0 saturated heterocycles. The van der Waals surface area contributed by atoms with E-state index >= 15 is 0 Å². The molecule has 1 atom stereocenters. The Balaban J connectivity index is 1.40. The number of carbonyl (C=O) groups is 1. The molecule has 3 aliphatic rings. The van der Waals surface area contributed by atoms with Gasteiger partial charge in [-0.1, -0.05) is 71.9 Å². The van der Waals surface area contributed by atoms with Gasteiger partial charge in [-0.25, -0.2) is 4.99 Å². The van der Waals surface area contributed by atoms with E-state index in [1.54, 1.807) is 11.8 Å². The van der Waals surface area contributed by atoms with E-state index in [-0.39, 0.29) is 12.6 Å². The first-order valence-electron chi connectivity index (χ1n) is 10.2. The lowest BCUT2D eigenvalue weighted by Gasteiger charge is -2.24. The number of hydrogen-bond donors (Lipinski definition) is 1. The number of nitrogens with zero attached hydrogens (tertiary/aromatic N) is 1. The van der Waals surface area contributed by atoms with Gasteiger partial charge in [0, 0.05) is 21.9 Å². The largest absolute Gasteiger partial charge is 0.454 e. The molecule has 2 aliphatic heterocycles. The molecular formula is C25H17ClN2O3S. The maximum absolute atomic E-state index is 13.3. The fourth-order valence-electron chi connectivity index (χ4n) is 4.18. The average Bonchev–Trinajstić information content (AvgIpc) is 3.41. The molecular weight excluding hydrogens is 444 g/mol. The van der Waals surface area contributed by atoms with Gasteiger partial charge in [-0.05, 0) is 29.3 Å². The summed E-state index contributed by atoms with van der Waals surface area (Å²) in [5.74, 6) is 2.05. The number of aliphatic imine (C=N–C) groups is 1. The number of hydrogen-bond acceptors (Lipinski definition) is 6. The molecule has 7 heteroatoms. The molecule has 0 unspecified atom stereocenters. The van der Waals surface area contributed by atoms with Crippen molar-refractivity contribution in [3.63, 3.8) is 0 Å². The second-order valence-electron chi connectivity index (χ2n) is 7.62. The predicted octanol–water partition coefficient (Wildman–Crippen LogP) is 5.61. The Labute approximate surface area is 194 Å². The van der Waals surface area contributed by atoms with Crippen LogP contribution in [0.5, 0.6) is 11.5 Å². The molecule has 1 aliphatic carbocycles. The van der Waals surface area contributed by atoms with Crippen LogP contribution < -0.4 is 14.8 Å². The Kier molecular flexibility index (Phi) is 4.70. The third-order valence-electron chi connectivity index (χ3n) is 5.74. The van der Waals surface area contributed by atoms with Crippen molar-refractivity contribution in [1.29, 1.82) is 0 Å². The fraction of sp³-hybridized carbons (Fsp3) is 0.120. The number of amidine groups is 1. The third kappa shape index (κ3) is 3.18. The molecule has 6 rings (SSSR count). The van der Waals surface area contributed by atoms with Gasteiger partial charge in [0.05, 0.1) is 11.3 Å². The summed E-state index contributed by atoms with van der Waals surface area (Å²) in [6, 6.07) is 20.8. The van der Waals surface area contributed by atoms with Crippen LogP contribution in [-0.2, 0) is 5.75 Å². The van der Waals surface area contributed by atoms with Crippen LogP contribution >= 0.6 is 23.4 Å². The molecule has 0 spiro atoms. The standard InChI is InChI=1S/C25H17ClN2O3S/c26-18-8-4-1-5-15(18)12-32-25-27-22(14-9-10-19-20(11-14)31-13-30-19)21-23(28-25)16-6-2-3-7-17(16)24(21)29/h1-11,22H,12-13H2,(H,27,28)/t22-/m0/s1. The molecule has 0 saturated carbocycles. The molecule has 0 bridgehead atoms. The Morgan fingerprint density at radius 1 is 1.00 bits per heavy atom. The molecule has 1 N–H and O–H groups in total. The van der Waals surface area contributed by atoms with Crippen LogP contribution in [0.25, 0.3) is 5.70 Å². The van der Waals surface area contributed by atoms with Crippen molar-refractivity contribution >= 4 is 40.0 Å². The van der Waals surface area contributed by atoms with Gasteiger partial charge in [0.25, 0.3) is 0 Å². The molecule has 0 fully saturated rings. The summed E-state index contributed by atoms with van der Waals surface area (Å²) in [6.45, 7) is 0.200. The predicted molar refractivity (Wildman–Crippen MR) is 126 cm³/mol. The number of fused-ring (bicyclic) bond motifs is 3. The Morgan fingerprint density at radius 2 is 1.78 bits per heavy atom. The van der Waals surface area contributed by atoms with E-state index in [1.807, 2.05) is 66.7 Å². The number of nitrogens with one attached hydrogen (secondary N) is 1. The number of Topliss-reactive ketones (excluding diaryl/α,β-unsaturated/α-hetero) is 1. The van der Waals surface area contributed by atoms with Crippen LogP contribution in [0.4, 0.5) is 0 Å². The highest BCUT2D eigenvalue weighted by molar-refractivity contribution is 8.13. The second kappa shape index (κ2) is 7.73. The first-order chi connectivity index (χ1) is 15.7. The molecule has 0 amide bonds. The number of rotatable bonds is 3. The van der Waals surface area contributed by atoms with Crippen molar-refractivity contribution < 1.29 is 14.3 Å². The van der Waals surface area contributed by atoms with Crippen LogP contribution in [0.1, 0.15) is 33.1 Å². The van der Waals surface area contributed by atoms with Crippen molar-refractivity contribution in [3.8, 4) is 11.5 Å². The Hall–Kier alpha value is -3.22. The van der Waals surface area contributed by atoms with Crippen LogP contribution in [0.15, 0.2) is 77.3 Å². The summed E-state index contributed by atoms with van der Waals surface area (Å²) >= 11 is 7.91. The highest BCUT2D eigenvalue weighted by atomic mass is 35.5. The van der Waals surface area contributed by atoms with Gasteiger partial charge in [-0.15, -0.1) is 0 Å². The van der Waals surface area contributed by atoms with E-state index in [4.69, 9.17) is 26.1 Å². The zero-order chi connectivity index (χ0) is 21.7. The quantitative estimate of drug-likeness (QED) is 0.550. The highest BCUT2D eigenvalue weighted by Crippen LogP contribution is 2.45. The monoisotopic (exact) mass is 460 g/mol. The van der Waals surface area contributed by atoms with E-state index < -0.39 is 6.04 Å². The third-order valence-corrected chi connectivity index (χ3v) is 7.05. The summed E-state index contributed by atoms with van der Waals surface area (Å²) < 4.78 is 11.0. The number of ketones is 1. The summed E-state index contributed by atoms with van der Waals surface area (Å²) in [5.41, 5.74) is 5.01. The van der Waals surface area contributed by atoms with E-state index in [9.17, 15) is 4.79 Å². The lowest BCUT2D eigenvalue weighted by atomic mass is 9.95. The van der Waals surface area contributed by atoms with Gasteiger partial charge in [0.2, 0.25) is 6.79 Å². The van der Waals surface area contributed by atoms with Gasteiger partial charge in [0.1, 0.15) is 6.04 Å². The number of halogens is 1. The lowest BCUT2D eigenvalue weighted by Crippen LogP contribution is -2.27. The molecule has 0 radical (unpaired) electrons. The fourth-order valence-corrected chi connectivity index (χ4v) is 5.36. The molecule has 32 heavy (non-hydrogen) atoms. The molecule has 3 aromatic rings. The minimum Gasteiger partial charge on any atom is -0.454 e. The van der Waals surface area contributed by atoms with Crippen molar-refractivity contribution in [2.45, 2.75) is 11.8 Å². The molecule has 0 aromatic heterocycles. The molecule has 3 aromatic carbocycles. The van der Waals surface area contributed by atoms with Crippen molar-refractivity contribution in [2.24, 2.45) is 4.99 Å². The summed E-state index contributed by atoms with van der Waals surface area (Å²) in [6.07, 6.45) is 0. The highest BCUT2D eigenvalue weighted by Gasteiger charge is 2.38. The van der Waals surface area contributed by atoms with Gasteiger partial charge in [0.15, 0.2) is 22.4 Å². The zero-order valence-corrected chi connectivity index (χ0v) is 18.4. The Morgan fingerprint density at radius 3 is 2.66 bits per heavy atom. The van der Waals surface area contributed by atoms with Crippen molar-refractivity contribution in [3.05, 3.63) is 99.6 Å². The smallest absolute Gasteiger partial charge is 0.231 e. The Bertz CT molecular complexity index is 1330. The number of thioether (sulfide) groups is 1. The SMILES string of the molecule is O=C1C2=C(NC(SCc3ccccc3Cl)=N[C@H]2c2ccc3c(c2)OCO3)c2ccccc21. The second-order valence-corrected chi connectivity index (χ2v) is 8.99. The zero-order valence-electron chi connectivity index (χ0n) is 16.8. The van der Waals surface area contributed by atoms with Gasteiger partial charge in [-0.3, -0.25) is 4.79 Å². The van der Waals surface area contributed by atoms with Gasteiger partial charge < -0.3 is 14.8 Å². The molecule has 5 nitrogen and oxygen atoms in total. The number of ether oxygens (including phenoxy) is 2. The number of carbonyl (C=O) groups excluding carboxylic acids is 1. The number of benzene rings is 3. The molecule has 158 valence electrons. The van der Waals surface area contributed by atoms with Crippen molar-refractivity contribution in [1.82, 2.24) is 5.32 Å². The maximum Gasteiger partial charge on any atom is 0.231 e. The van der Waals surface area contributed by atoms with Gasteiger partial charge >= 0.3 is 0 Å². The molecule has 2 heterocycles. The maximum atomic E-state index is 13.3. The minimum absolute atomic E-state index is 0.00432. The topological polar surface area (TPSA) is 59.9 Å². The van der Waals surface area contributed by atoms with E-state index in [0.29, 0.717) is 28.4 Å². The minimum atomic E-state index is -0.436. The summed E-state index contributed by atoms with van der Waals surface area (Å²) in [7, 11) is 0. The lowest BCUT2D eigenvalue weighted by molar-refractivity contribution is 0.103. The van der Waals surface area contributed by atoms with Crippen LogP contribution in [-0.4, -0.2) is 17.7 Å². The van der Waals surface area contributed by atoms with Crippen LogP contribution in [0.2, 0.25) is 5.02 Å². The van der Waals surface area contributed by atoms with Crippen LogP contribution in [0.3, 0.4) is 0 Å². The first kappa shape index (κ1) is 19.5.